The third kappa shape index (κ3) is 2.77. The zero-order valence-corrected chi connectivity index (χ0v) is 14.5. The Morgan fingerprint density at radius 2 is 2.04 bits per heavy atom. The van der Waals surface area contributed by atoms with Crippen LogP contribution in [0, 0.1) is 0 Å². The number of ether oxygens (including phenoxy) is 2. The minimum atomic E-state index is -0.119. The first-order chi connectivity index (χ1) is 12.7. The molecule has 0 spiro atoms. The Labute approximate surface area is 150 Å². The predicted octanol–water partition coefficient (Wildman–Crippen LogP) is 3.13. The Kier molecular flexibility index (Phi) is 4.04. The molecule has 0 atom stereocenters. The minimum absolute atomic E-state index is 0.119. The van der Waals surface area contributed by atoms with E-state index in [2.05, 4.69) is 15.3 Å². The van der Waals surface area contributed by atoms with E-state index in [1.807, 2.05) is 48.2 Å². The van der Waals surface area contributed by atoms with Gasteiger partial charge in [0, 0.05) is 11.5 Å². The maximum atomic E-state index is 12.3. The summed E-state index contributed by atoms with van der Waals surface area (Å²) in [5.74, 6) is 1.19. The fraction of sp³-hybridized carbons (Fsp3) is 0.211. The number of nitrogens with one attached hydrogen (secondary N) is 1. The molecule has 0 unspecified atom stereocenters. The molecule has 0 aliphatic carbocycles. The number of nitrogens with zero attached hydrogens (tertiary/aromatic N) is 3. The zero-order valence-electron chi connectivity index (χ0n) is 14.5. The van der Waals surface area contributed by atoms with Crippen LogP contribution in [0.3, 0.4) is 0 Å². The first kappa shape index (κ1) is 16.1. The summed E-state index contributed by atoms with van der Waals surface area (Å²) in [5, 5.41) is 3.74. The van der Waals surface area contributed by atoms with Gasteiger partial charge in [0.25, 0.3) is 0 Å². The van der Waals surface area contributed by atoms with Crippen molar-refractivity contribution in [2.45, 2.75) is 6.92 Å². The zero-order chi connectivity index (χ0) is 18.1. The van der Waals surface area contributed by atoms with Crippen molar-refractivity contribution in [1.82, 2.24) is 9.97 Å². The minimum Gasteiger partial charge on any atom is -0.497 e. The molecule has 0 saturated heterocycles. The molecule has 2 aromatic carbocycles. The molecule has 7 nitrogen and oxygen atoms in total. The van der Waals surface area contributed by atoms with Crippen LogP contribution in [0.4, 0.5) is 17.2 Å². The van der Waals surface area contributed by atoms with Gasteiger partial charge >= 0.3 is 6.01 Å². The van der Waals surface area contributed by atoms with Gasteiger partial charge < -0.3 is 19.7 Å². The molecule has 0 saturated carbocycles. The van der Waals surface area contributed by atoms with Gasteiger partial charge in [-0.05, 0) is 31.2 Å². The van der Waals surface area contributed by atoms with Crippen LogP contribution in [0.2, 0.25) is 0 Å². The molecular weight excluding hydrogens is 332 g/mol. The van der Waals surface area contributed by atoms with E-state index in [-0.39, 0.29) is 12.5 Å². The fourth-order valence-corrected chi connectivity index (χ4v) is 3.02. The van der Waals surface area contributed by atoms with Crippen molar-refractivity contribution in [1.29, 1.82) is 0 Å². The Hall–Kier alpha value is -3.35. The standard InChI is InChI=1S/C19H18N4O3/c1-3-26-19-21-14-7-5-4-6-13(14)18(22-19)23-11-17(24)20-15-10-12(25-2)8-9-16(15)23/h4-10H,3,11H2,1-2H3,(H,20,24). The van der Waals surface area contributed by atoms with Crippen LogP contribution in [-0.2, 0) is 4.79 Å². The van der Waals surface area contributed by atoms with Gasteiger partial charge in [-0.1, -0.05) is 12.1 Å². The number of hydrogen-bond acceptors (Lipinski definition) is 6. The van der Waals surface area contributed by atoms with E-state index in [0.717, 1.165) is 16.6 Å². The van der Waals surface area contributed by atoms with Crippen molar-refractivity contribution in [3.63, 3.8) is 0 Å². The van der Waals surface area contributed by atoms with E-state index < -0.39 is 0 Å². The van der Waals surface area contributed by atoms with Crippen LogP contribution in [0.1, 0.15) is 6.92 Å². The van der Waals surface area contributed by atoms with Crippen LogP contribution in [0.25, 0.3) is 10.9 Å². The van der Waals surface area contributed by atoms with Gasteiger partial charge in [0.2, 0.25) is 5.91 Å². The number of carbonyl (C=O) groups is 1. The van der Waals surface area contributed by atoms with Crippen molar-refractivity contribution < 1.29 is 14.3 Å². The van der Waals surface area contributed by atoms with Gasteiger partial charge in [-0.25, -0.2) is 0 Å². The van der Waals surface area contributed by atoms with E-state index in [9.17, 15) is 4.79 Å². The monoisotopic (exact) mass is 350 g/mol. The largest absolute Gasteiger partial charge is 0.497 e. The van der Waals surface area contributed by atoms with Gasteiger partial charge in [-0.2, -0.15) is 9.97 Å². The predicted molar refractivity (Wildman–Crippen MR) is 99.3 cm³/mol. The molecule has 4 rings (SSSR count). The lowest BCUT2D eigenvalue weighted by atomic mass is 10.1. The second-order valence-electron chi connectivity index (χ2n) is 5.80. The molecule has 0 radical (unpaired) electrons. The molecule has 7 heteroatoms. The van der Waals surface area contributed by atoms with Crippen LogP contribution in [0.15, 0.2) is 42.5 Å². The highest BCUT2D eigenvalue weighted by Gasteiger charge is 2.26. The molecule has 0 bridgehead atoms. The number of anilines is 3. The molecule has 2 heterocycles. The first-order valence-electron chi connectivity index (χ1n) is 8.34. The molecule has 26 heavy (non-hydrogen) atoms. The summed E-state index contributed by atoms with van der Waals surface area (Å²) in [6.45, 7) is 2.51. The molecule has 3 aromatic rings. The number of aromatic nitrogens is 2. The lowest BCUT2D eigenvalue weighted by Crippen LogP contribution is -2.35. The van der Waals surface area contributed by atoms with Crippen LogP contribution < -0.4 is 19.7 Å². The van der Waals surface area contributed by atoms with Crippen LogP contribution in [0.5, 0.6) is 11.8 Å². The smallest absolute Gasteiger partial charge is 0.318 e. The molecule has 132 valence electrons. The van der Waals surface area contributed by atoms with Crippen molar-refractivity contribution in [2.24, 2.45) is 0 Å². The summed E-state index contributed by atoms with van der Waals surface area (Å²) in [6.07, 6.45) is 0. The summed E-state index contributed by atoms with van der Waals surface area (Å²) >= 11 is 0. The number of fused-ring (bicyclic) bond motifs is 2. The molecule has 0 fully saturated rings. The normalized spacial score (nSPS) is 13.3. The fourth-order valence-electron chi connectivity index (χ4n) is 3.02. The second kappa shape index (κ2) is 6.51. The summed E-state index contributed by atoms with van der Waals surface area (Å²) in [7, 11) is 1.59. The summed E-state index contributed by atoms with van der Waals surface area (Å²) in [6, 6.07) is 13.5. The Balaban J connectivity index is 1.91. The van der Waals surface area contributed by atoms with Crippen molar-refractivity contribution in [2.75, 3.05) is 30.5 Å². The summed E-state index contributed by atoms with van der Waals surface area (Å²) in [4.78, 5) is 23.2. The van der Waals surface area contributed by atoms with E-state index >= 15 is 0 Å². The third-order valence-corrected chi connectivity index (χ3v) is 4.16. The van der Waals surface area contributed by atoms with Crippen molar-refractivity contribution in [3.8, 4) is 11.8 Å². The van der Waals surface area contributed by atoms with E-state index in [1.165, 1.54) is 0 Å². The number of rotatable bonds is 4. The molecule has 1 aliphatic rings. The lowest BCUT2D eigenvalue weighted by molar-refractivity contribution is -0.115. The SMILES string of the molecule is CCOc1nc(N2CC(=O)Nc3cc(OC)ccc32)c2ccccc2n1. The maximum Gasteiger partial charge on any atom is 0.318 e. The van der Waals surface area contributed by atoms with Gasteiger partial charge in [0.05, 0.1) is 30.6 Å². The van der Waals surface area contributed by atoms with E-state index in [0.29, 0.717) is 29.9 Å². The Bertz CT molecular complexity index is 990. The number of methoxy groups -OCH3 is 1. The highest BCUT2D eigenvalue weighted by Crippen LogP contribution is 2.39. The Morgan fingerprint density at radius 1 is 1.19 bits per heavy atom. The van der Waals surface area contributed by atoms with Gasteiger partial charge in [-0.15, -0.1) is 0 Å². The molecular formula is C19H18N4O3. The third-order valence-electron chi connectivity index (χ3n) is 4.16. The van der Waals surface area contributed by atoms with Gasteiger partial charge in [-0.3, -0.25) is 4.79 Å². The second-order valence-corrected chi connectivity index (χ2v) is 5.80. The molecule has 1 N–H and O–H groups in total. The number of hydrogen-bond donors (Lipinski definition) is 1. The van der Waals surface area contributed by atoms with Crippen molar-refractivity contribution >= 4 is 34.0 Å². The lowest BCUT2D eigenvalue weighted by Gasteiger charge is -2.31. The van der Waals surface area contributed by atoms with Gasteiger partial charge in [0.1, 0.15) is 18.1 Å². The number of amides is 1. The van der Waals surface area contributed by atoms with Crippen molar-refractivity contribution in [3.05, 3.63) is 42.5 Å². The Morgan fingerprint density at radius 3 is 2.85 bits per heavy atom. The highest BCUT2D eigenvalue weighted by molar-refractivity contribution is 6.05. The quantitative estimate of drug-likeness (QED) is 0.779. The topological polar surface area (TPSA) is 76.6 Å². The molecule has 1 amide bonds. The van der Waals surface area contributed by atoms with Crippen LogP contribution >= 0.6 is 0 Å². The molecule has 1 aliphatic heterocycles. The molecule has 1 aromatic heterocycles. The number of para-hydroxylation sites is 1. The summed E-state index contributed by atoms with van der Waals surface area (Å²) < 4.78 is 10.8. The summed E-state index contributed by atoms with van der Waals surface area (Å²) in [5.41, 5.74) is 2.29. The number of benzene rings is 2. The average molecular weight is 350 g/mol. The van der Waals surface area contributed by atoms with E-state index in [4.69, 9.17) is 9.47 Å². The average Bonchev–Trinajstić information content (AvgIpc) is 2.66. The maximum absolute atomic E-state index is 12.3. The van der Waals surface area contributed by atoms with E-state index in [1.54, 1.807) is 13.2 Å². The van der Waals surface area contributed by atoms with Gasteiger partial charge in [0.15, 0.2) is 0 Å². The number of carbonyl (C=O) groups excluding carboxylic acids is 1. The highest BCUT2D eigenvalue weighted by atomic mass is 16.5. The van der Waals surface area contributed by atoms with Crippen LogP contribution in [-0.4, -0.2) is 36.1 Å². The first-order valence-corrected chi connectivity index (χ1v) is 8.34.